The van der Waals surface area contributed by atoms with Gasteiger partial charge in [0.15, 0.2) is 11.5 Å². The number of carbonyl (C=O) groups excluding carboxylic acids is 1. The molecule has 11 heteroatoms. The highest BCUT2D eigenvalue weighted by atomic mass is 32.2. The maximum absolute atomic E-state index is 13.4. The van der Waals surface area contributed by atoms with Crippen molar-refractivity contribution in [2.45, 2.75) is 30.5 Å². The van der Waals surface area contributed by atoms with Gasteiger partial charge in [0.05, 0.1) is 36.4 Å². The molecule has 1 atom stereocenters. The van der Waals surface area contributed by atoms with Crippen LogP contribution in [0.15, 0.2) is 77.7 Å². The minimum Gasteiger partial charge on any atom is -0.493 e. The number of amides is 1. The van der Waals surface area contributed by atoms with Crippen molar-refractivity contribution in [3.05, 3.63) is 83.9 Å². The van der Waals surface area contributed by atoms with Crippen molar-refractivity contribution in [1.29, 1.82) is 0 Å². The first kappa shape index (κ1) is 27.9. The smallest absolute Gasteiger partial charge is 0.416 e. The lowest BCUT2D eigenvalue weighted by Gasteiger charge is -2.26. The minimum absolute atomic E-state index is 0.160. The first-order valence-electron chi connectivity index (χ1n) is 11.3. The Hall–Kier alpha value is -3.73. The topological polar surface area (TPSA) is 84.9 Å². The number of alkyl halides is 3. The largest absolute Gasteiger partial charge is 0.493 e. The second-order valence-corrected chi connectivity index (χ2v) is 9.88. The van der Waals surface area contributed by atoms with E-state index >= 15 is 0 Å². The molecule has 0 saturated carbocycles. The molecule has 1 N–H and O–H groups in total. The Balaban J connectivity index is 1.96. The molecule has 0 heterocycles. The van der Waals surface area contributed by atoms with Crippen LogP contribution in [0.5, 0.6) is 11.5 Å². The Morgan fingerprint density at radius 2 is 1.62 bits per heavy atom. The number of ether oxygens (including phenoxy) is 2. The first-order valence-corrected chi connectivity index (χ1v) is 12.7. The van der Waals surface area contributed by atoms with Crippen LogP contribution in [-0.2, 0) is 21.0 Å². The molecule has 0 fully saturated rings. The second kappa shape index (κ2) is 11.5. The fourth-order valence-corrected chi connectivity index (χ4v) is 5.17. The average molecular weight is 537 g/mol. The maximum Gasteiger partial charge on any atom is 0.416 e. The number of sulfonamides is 1. The summed E-state index contributed by atoms with van der Waals surface area (Å²) in [5.74, 6) is 0.251. The zero-order chi connectivity index (χ0) is 27.2. The van der Waals surface area contributed by atoms with Crippen molar-refractivity contribution in [1.82, 2.24) is 5.32 Å². The quantitative estimate of drug-likeness (QED) is 0.386. The number of anilines is 1. The van der Waals surface area contributed by atoms with E-state index < -0.39 is 40.3 Å². The zero-order valence-corrected chi connectivity index (χ0v) is 21.3. The summed E-state index contributed by atoms with van der Waals surface area (Å²) in [6.45, 7) is 1.09. The molecule has 0 radical (unpaired) electrons. The lowest BCUT2D eigenvalue weighted by atomic mass is 10.0. The van der Waals surface area contributed by atoms with Gasteiger partial charge in [-0.3, -0.25) is 9.10 Å². The van der Waals surface area contributed by atoms with Crippen molar-refractivity contribution < 1.29 is 35.9 Å². The first-order chi connectivity index (χ1) is 17.5. The molecule has 1 unspecified atom stereocenters. The summed E-state index contributed by atoms with van der Waals surface area (Å²) in [5, 5.41) is 2.78. The summed E-state index contributed by atoms with van der Waals surface area (Å²) in [6, 6.07) is 15.7. The number of carbonyl (C=O) groups is 1. The van der Waals surface area contributed by atoms with Gasteiger partial charge >= 0.3 is 6.18 Å². The number of nitrogens with one attached hydrogen (secondary N) is 1. The van der Waals surface area contributed by atoms with Gasteiger partial charge < -0.3 is 14.8 Å². The predicted octanol–water partition coefficient (Wildman–Crippen LogP) is 5.19. The van der Waals surface area contributed by atoms with Crippen LogP contribution in [-0.4, -0.2) is 35.1 Å². The van der Waals surface area contributed by atoms with E-state index in [9.17, 15) is 26.4 Å². The molecule has 0 aliphatic carbocycles. The van der Waals surface area contributed by atoms with E-state index in [0.29, 0.717) is 33.9 Å². The molecule has 198 valence electrons. The zero-order valence-electron chi connectivity index (χ0n) is 20.5. The molecule has 0 aliphatic rings. The fraction of sp³-hybridized carbons (Fsp3) is 0.269. The Labute approximate surface area is 213 Å². The molecule has 0 saturated heterocycles. The Kier molecular flexibility index (Phi) is 8.69. The van der Waals surface area contributed by atoms with Crippen molar-refractivity contribution in [3.8, 4) is 11.5 Å². The standard InChI is InChI=1S/C26H27F3N2O5S/c1-4-22(18-13-14-23(35-2)24(15-18)36-3)30-25(32)17-31(37(33,34)21-11-6-5-7-12-21)20-10-8-9-19(16-20)26(27,28)29/h5-16,22H,4,17H2,1-3H3,(H,30,32). The Morgan fingerprint density at radius 3 is 2.22 bits per heavy atom. The van der Waals surface area contributed by atoms with E-state index in [4.69, 9.17) is 9.47 Å². The van der Waals surface area contributed by atoms with E-state index in [2.05, 4.69) is 5.32 Å². The van der Waals surface area contributed by atoms with Crippen molar-refractivity contribution in [2.24, 2.45) is 0 Å². The van der Waals surface area contributed by atoms with Crippen LogP contribution in [0.3, 0.4) is 0 Å². The number of benzene rings is 3. The summed E-state index contributed by atoms with van der Waals surface area (Å²) < 4.78 is 78.2. The predicted molar refractivity (Wildman–Crippen MR) is 133 cm³/mol. The summed E-state index contributed by atoms with van der Waals surface area (Å²) in [5.41, 5.74) is -0.631. The lowest BCUT2D eigenvalue weighted by molar-refractivity contribution is -0.137. The van der Waals surface area contributed by atoms with Gasteiger partial charge in [-0.1, -0.05) is 37.3 Å². The molecule has 0 spiro atoms. The normalized spacial score (nSPS) is 12.5. The Morgan fingerprint density at radius 1 is 0.946 bits per heavy atom. The van der Waals surface area contributed by atoms with Gasteiger partial charge in [-0.25, -0.2) is 8.42 Å². The van der Waals surface area contributed by atoms with E-state index in [1.807, 2.05) is 6.92 Å². The van der Waals surface area contributed by atoms with Crippen LogP contribution in [0.1, 0.15) is 30.5 Å². The maximum atomic E-state index is 13.4. The fourth-order valence-electron chi connectivity index (χ4n) is 3.73. The second-order valence-electron chi connectivity index (χ2n) is 8.02. The number of hydrogen-bond acceptors (Lipinski definition) is 5. The number of rotatable bonds is 10. The van der Waals surface area contributed by atoms with Crippen LogP contribution in [0, 0.1) is 0 Å². The van der Waals surface area contributed by atoms with Gasteiger partial charge in [-0.2, -0.15) is 13.2 Å². The van der Waals surface area contributed by atoms with Crippen LogP contribution in [0.4, 0.5) is 18.9 Å². The third-order valence-corrected chi connectivity index (χ3v) is 7.42. The molecule has 37 heavy (non-hydrogen) atoms. The van der Waals surface area contributed by atoms with E-state index in [-0.39, 0.29) is 10.6 Å². The highest BCUT2D eigenvalue weighted by Crippen LogP contribution is 2.34. The molecule has 3 aromatic carbocycles. The van der Waals surface area contributed by atoms with Crippen molar-refractivity contribution >= 4 is 21.6 Å². The number of halogens is 3. The van der Waals surface area contributed by atoms with Gasteiger partial charge in [-0.15, -0.1) is 0 Å². The minimum atomic E-state index is -4.69. The third-order valence-electron chi connectivity index (χ3n) is 5.63. The average Bonchev–Trinajstić information content (AvgIpc) is 2.90. The van der Waals surface area contributed by atoms with Crippen LogP contribution in [0.2, 0.25) is 0 Å². The number of nitrogens with zero attached hydrogens (tertiary/aromatic N) is 1. The summed E-state index contributed by atoms with van der Waals surface area (Å²) in [7, 11) is -1.40. The summed E-state index contributed by atoms with van der Waals surface area (Å²) >= 11 is 0. The molecule has 0 aromatic heterocycles. The molecular formula is C26H27F3N2O5S. The van der Waals surface area contributed by atoms with E-state index in [1.54, 1.807) is 24.3 Å². The Bertz CT molecular complexity index is 1330. The number of hydrogen-bond donors (Lipinski definition) is 1. The molecule has 0 bridgehead atoms. The van der Waals surface area contributed by atoms with Gasteiger partial charge in [0.2, 0.25) is 5.91 Å². The van der Waals surface area contributed by atoms with E-state index in [1.165, 1.54) is 44.6 Å². The van der Waals surface area contributed by atoms with Gasteiger partial charge in [0.25, 0.3) is 10.0 Å². The SMILES string of the molecule is CCC(NC(=O)CN(c1cccc(C(F)(F)F)c1)S(=O)(=O)c1ccccc1)c1ccc(OC)c(OC)c1. The number of methoxy groups -OCH3 is 2. The van der Waals surface area contributed by atoms with Gasteiger partial charge in [0.1, 0.15) is 6.54 Å². The molecule has 3 aromatic rings. The molecule has 7 nitrogen and oxygen atoms in total. The van der Waals surface area contributed by atoms with Gasteiger partial charge in [-0.05, 0) is 54.4 Å². The molecule has 1 amide bonds. The highest BCUT2D eigenvalue weighted by Gasteiger charge is 2.33. The van der Waals surface area contributed by atoms with Crippen LogP contribution in [0.25, 0.3) is 0 Å². The van der Waals surface area contributed by atoms with Crippen molar-refractivity contribution in [3.63, 3.8) is 0 Å². The third kappa shape index (κ3) is 6.53. The molecule has 3 rings (SSSR count). The lowest BCUT2D eigenvalue weighted by Crippen LogP contribution is -2.42. The monoisotopic (exact) mass is 536 g/mol. The molecular weight excluding hydrogens is 509 g/mol. The van der Waals surface area contributed by atoms with Crippen molar-refractivity contribution in [2.75, 3.05) is 25.1 Å². The van der Waals surface area contributed by atoms with Gasteiger partial charge in [0, 0.05) is 0 Å². The van der Waals surface area contributed by atoms with Crippen LogP contribution < -0.4 is 19.1 Å². The van der Waals surface area contributed by atoms with E-state index in [0.717, 1.165) is 12.1 Å². The molecule has 0 aliphatic heterocycles. The summed E-state index contributed by atoms with van der Waals surface area (Å²) in [6.07, 6.45) is -4.24. The van der Waals surface area contributed by atoms with Crippen LogP contribution >= 0.6 is 0 Å². The highest BCUT2D eigenvalue weighted by molar-refractivity contribution is 7.92. The summed E-state index contributed by atoms with van der Waals surface area (Å²) in [4.78, 5) is 13.0.